The van der Waals surface area contributed by atoms with Gasteiger partial charge in [0.2, 0.25) is 5.91 Å². The van der Waals surface area contributed by atoms with Crippen LogP contribution in [0.1, 0.15) is 25.3 Å². The van der Waals surface area contributed by atoms with E-state index in [-0.39, 0.29) is 11.9 Å². The molecule has 0 saturated carbocycles. The number of aromatic amines is 1. The predicted octanol–water partition coefficient (Wildman–Crippen LogP) is 2.24. The lowest BCUT2D eigenvalue weighted by molar-refractivity contribution is -0.127. The zero-order valence-corrected chi connectivity index (χ0v) is 12.9. The van der Waals surface area contributed by atoms with Crippen LogP contribution >= 0.6 is 11.3 Å². The van der Waals surface area contributed by atoms with Crippen LogP contribution in [0, 0.1) is 0 Å². The van der Waals surface area contributed by atoms with E-state index in [9.17, 15) is 4.79 Å². The molecule has 0 bridgehead atoms. The lowest BCUT2D eigenvalue weighted by Crippen LogP contribution is -2.39. The maximum atomic E-state index is 11.6. The number of rotatable bonds is 6. The average molecular weight is 304 g/mol. The average Bonchev–Trinajstić information content (AvgIpc) is 3.18. The second-order valence-corrected chi connectivity index (χ2v) is 6.42. The summed E-state index contributed by atoms with van der Waals surface area (Å²) in [6.45, 7) is 4.56. The van der Waals surface area contributed by atoms with E-state index in [4.69, 9.17) is 0 Å². The van der Waals surface area contributed by atoms with Gasteiger partial charge in [-0.05, 0) is 24.8 Å². The third kappa shape index (κ3) is 3.33. The summed E-state index contributed by atoms with van der Waals surface area (Å²) in [6.07, 6.45) is 3.57. The molecular formula is C15H20N4OS. The monoisotopic (exact) mass is 304 g/mol. The molecule has 2 aromatic heterocycles. The molecule has 0 spiro atoms. The van der Waals surface area contributed by atoms with Crippen LogP contribution < -0.4 is 5.32 Å². The van der Waals surface area contributed by atoms with Gasteiger partial charge in [0.25, 0.3) is 0 Å². The molecule has 1 saturated heterocycles. The Balaban J connectivity index is 1.56. The normalized spacial score (nSPS) is 16.6. The summed E-state index contributed by atoms with van der Waals surface area (Å²) in [6, 6.07) is 4.41. The highest BCUT2D eigenvalue weighted by atomic mass is 32.1. The van der Waals surface area contributed by atoms with Crippen molar-refractivity contribution in [2.24, 2.45) is 0 Å². The zero-order chi connectivity index (χ0) is 14.7. The Morgan fingerprint density at radius 1 is 1.57 bits per heavy atom. The Kier molecular flexibility index (Phi) is 4.36. The summed E-state index contributed by atoms with van der Waals surface area (Å²) in [5.41, 5.74) is 2.25. The smallest absolute Gasteiger partial charge is 0.222 e. The molecule has 1 aliphatic heterocycles. The molecule has 0 unspecified atom stereocenters. The van der Waals surface area contributed by atoms with E-state index in [0.717, 1.165) is 37.3 Å². The summed E-state index contributed by atoms with van der Waals surface area (Å²) < 4.78 is 0. The van der Waals surface area contributed by atoms with Crippen LogP contribution in [0.15, 0.2) is 23.7 Å². The van der Waals surface area contributed by atoms with Crippen LogP contribution in [-0.4, -0.2) is 40.1 Å². The first-order valence-corrected chi connectivity index (χ1v) is 8.19. The van der Waals surface area contributed by atoms with E-state index in [0.29, 0.717) is 6.42 Å². The minimum Gasteiger partial charge on any atom is -0.341 e. The van der Waals surface area contributed by atoms with Gasteiger partial charge in [-0.3, -0.25) is 9.89 Å². The van der Waals surface area contributed by atoms with E-state index in [1.807, 2.05) is 17.2 Å². The van der Waals surface area contributed by atoms with Gasteiger partial charge in [-0.15, -0.1) is 11.3 Å². The van der Waals surface area contributed by atoms with E-state index >= 15 is 0 Å². The fourth-order valence-electron chi connectivity index (χ4n) is 2.66. The van der Waals surface area contributed by atoms with Gasteiger partial charge in [-0.25, -0.2) is 0 Å². The fraction of sp³-hybridized carbons (Fsp3) is 0.467. The molecular weight excluding hydrogens is 284 g/mol. The lowest BCUT2D eigenvalue weighted by Gasteiger charge is -2.21. The largest absolute Gasteiger partial charge is 0.341 e. The number of carbonyl (C=O) groups is 1. The number of nitrogens with one attached hydrogen (secondary N) is 2. The number of thiophene rings is 1. The molecule has 0 aliphatic carbocycles. The van der Waals surface area contributed by atoms with Crippen molar-refractivity contribution in [1.29, 1.82) is 0 Å². The van der Waals surface area contributed by atoms with E-state index in [2.05, 4.69) is 33.9 Å². The first-order valence-electron chi connectivity index (χ1n) is 7.31. The molecule has 21 heavy (non-hydrogen) atoms. The SMILES string of the molecule is C[C@H](CN1CCCC1=O)NCc1cn[nH]c1-c1cccs1. The van der Waals surface area contributed by atoms with Crippen LogP contribution in [0.2, 0.25) is 0 Å². The third-order valence-corrected chi connectivity index (χ3v) is 4.68. The molecule has 6 heteroatoms. The molecule has 3 heterocycles. The van der Waals surface area contributed by atoms with Crippen LogP contribution in [0.3, 0.4) is 0 Å². The van der Waals surface area contributed by atoms with E-state index in [1.165, 1.54) is 4.88 Å². The number of hydrogen-bond acceptors (Lipinski definition) is 4. The van der Waals surface area contributed by atoms with Gasteiger partial charge in [0.15, 0.2) is 0 Å². The van der Waals surface area contributed by atoms with E-state index in [1.54, 1.807) is 11.3 Å². The van der Waals surface area contributed by atoms with Gasteiger partial charge >= 0.3 is 0 Å². The van der Waals surface area contributed by atoms with Crippen molar-refractivity contribution in [2.45, 2.75) is 32.4 Å². The van der Waals surface area contributed by atoms with Gasteiger partial charge in [-0.1, -0.05) is 6.07 Å². The minimum absolute atomic E-state index is 0.276. The van der Waals surface area contributed by atoms with Gasteiger partial charge in [0.1, 0.15) is 0 Å². The Bertz CT molecular complexity index is 593. The van der Waals surface area contributed by atoms with Gasteiger partial charge in [-0.2, -0.15) is 5.10 Å². The molecule has 2 aromatic rings. The van der Waals surface area contributed by atoms with E-state index < -0.39 is 0 Å². The highest BCUT2D eigenvalue weighted by Crippen LogP contribution is 2.25. The van der Waals surface area contributed by atoms with Crippen molar-refractivity contribution in [1.82, 2.24) is 20.4 Å². The molecule has 1 atom stereocenters. The van der Waals surface area contributed by atoms with Gasteiger partial charge < -0.3 is 10.2 Å². The Morgan fingerprint density at radius 2 is 2.48 bits per heavy atom. The number of hydrogen-bond donors (Lipinski definition) is 2. The Hall–Kier alpha value is -1.66. The van der Waals surface area contributed by atoms with Crippen LogP contribution in [0.25, 0.3) is 10.6 Å². The maximum Gasteiger partial charge on any atom is 0.222 e. The second-order valence-electron chi connectivity index (χ2n) is 5.47. The Morgan fingerprint density at radius 3 is 3.19 bits per heavy atom. The standard InChI is InChI=1S/C15H20N4OS/c1-11(10-19-6-2-5-14(19)20)16-8-12-9-17-18-15(12)13-4-3-7-21-13/h3-4,7,9,11,16H,2,5-6,8,10H2,1H3,(H,17,18)/t11-/m1/s1. The summed E-state index contributed by atoms with van der Waals surface area (Å²) in [4.78, 5) is 14.8. The quantitative estimate of drug-likeness (QED) is 0.860. The van der Waals surface area contributed by atoms with Gasteiger partial charge in [0, 0.05) is 37.7 Å². The number of amides is 1. The summed E-state index contributed by atoms with van der Waals surface area (Å²) in [7, 11) is 0. The van der Waals surface area contributed by atoms with Crippen molar-refractivity contribution in [2.75, 3.05) is 13.1 Å². The fourth-order valence-corrected chi connectivity index (χ4v) is 3.41. The molecule has 3 rings (SSSR count). The van der Waals surface area contributed by atoms with Crippen LogP contribution in [-0.2, 0) is 11.3 Å². The third-order valence-electron chi connectivity index (χ3n) is 3.79. The van der Waals surface area contributed by atoms with Crippen molar-refractivity contribution >= 4 is 17.2 Å². The molecule has 1 aliphatic rings. The van der Waals surface area contributed by atoms with Gasteiger partial charge in [0.05, 0.1) is 16.8 Å². The van der Waals surface area contributed by atoms with Crippen molar-refractivity contribution < 1.29 is 4.79 Å². The maximum absolute atomic E-state index is 11.6. The van der Waals surface area contributed by atoms with Crippen molar-refractivity contribution in [3.63, 3.8) is 0 Å². The van der Waals surface area contributed by atoms with Crippen LogP contribution in [0.4, 0.5) is 0 Å². The minimum atomic E-state index is 0.276. The molecule has 1 fully saturated rings. The first kappa shape index (κ1) is 14.3. The Labute approximate surface area is 128 Å². The molecule has 0 radical (unpaired) electrons. The molecule has 1 amide bonds. The second kappa shape index (κ2) is 6.41. The summed E-state index contributed by atoms with van der Waals surface area (Å²) >= 11 is 1.70. The molecule has 2 N–H and O–H groups in total. The summed E-state index contributed by atoms with van der Waals surface area (Å²) in [5, 5.41) is 12.8. The summed E-state index contributed by atoms with van der Waals surface area (Å²) in [5.74, 6) is 0.284. The highest BCUT2D eigenvalue weighted by Gasteiger charge is 2.21. The molecule has 5 nitrogen and oxygen atoms in total. The zero-order valence-electron chi connectivity index (χ0n) is 12.1. The van der Waals surface area contributed by atoms with Crippen molar-refractivity contribution in [3.8, 4) is 10.6 Å². The lowest BCUT2D eigenvalue weighted by atomic mass is 10.2. The van der Waals surface area contributed by atoms with Crippen LogP contribution in [0.5, 0.6) is 0 Å². The molecule has 0 aromatic carbocycles. The number of nitrogens with zero attached hydrogens (tertiary/aromatic N) is 2. The predicted molar refractivity (Wildman–Crippen MR) is 84.0 cm³/mol. The highest BCUT2D eigenvalue weighted by molar-refractivity contribution is 7.13. The number of H-pyrrole nitrogens is 1. The number of aromatic nitrogens is 2. The number of carbonyl (C=O) groups excluding carboxylic acids is 1. The van der Waals surface area contributed by atoms with Crippen molar-refractivity contribution in [3.05, 3.63) is 29.3 Å². The molecule has 112 valence electrons. The topological polar surface area (TPSA) is 61.0 Å². The number of likely N-dealkylation sites (tertiary alicyclic amines) is 1. The first-order chi connectivity index (χ1) is 10.2.